The number of hydrogen-bond donors (Lipinski definition) is 1. The van der Waals surface area contributed by atoms with E-state index in [1.165, 1.54) is 18.2 Å². The zero-order chi connectivity index (χ0) is 12.9. The van der Waals surface area contributed by atoms with Gasteiger partial charge in [0.25, 0.3) is 0 Å². The summed E-state index contributed by atoms with van der Waals surface area (Å²) in [6, 6.07) is 4.08. The largest absolute Gasteiger partial charge is 0.478 e. The van der Waals surface area contributed by atoms with Gasteiger partial charge in [0.2, 0.25) is 0 Å². The van der Waals surface area contributed by atoms with Crippen LogP contribution in [0.3, 0.4) is 0 Å². The highest BCUT2D eigenvalue weighted by Crippen LogP contribution is 2.36. The quantitative estimate of drug-likeness (QED) is 0.839. The number of pyridine rings is 1. The molecule has 4 heteroatoms. The minimum Gasteiger partial charge on any atom is -0.478 e. The average Bonchev–Trinajstić information content (AvgIpc) is 2.67. The van der Waals surface area contributed by atoms with Gasteiger partial charge in [0.1, 0.15) is 5.82 Å². The molecule has 1 unspecified atom stereocenters. The van der Waals surface area contributed by atoms with Crippen LogP contribution in [0.25, 0.3) is 10.9 Å². The maximum absolute atomic E-state index is 13.2. The van der Waals surface area contributed by atoms with E-state index in [0.29, 0.717) is 16.5 Å². The molecule has 0 radical (unpaired) electrons. The predicted molar refractivity (Wildman–Crippen MR) is 65.4 cm³/mol. The van der Waals surface area contributed by atoms with Gasteiger partial charge in [-0.1, -0.05) is 6.92 Å². The highest BCUT2D eigenvalue weighted by Gasteiger charge is 2.27. The van der Waals surface area contributed by atoms with Gasteiger partial charge in [0.05, 0.1) is 11.1 Å². The standard InChI is InChI=1S/C14H12FNO2/c1-7-2-4-10-12(14(17)18)9-5-3-8(15)6-11(9)16-13(7)10/h3,5-7H,2,4H2,1H3,(H,17,18). The van der Waals surface area contributed by atoms with Crippen molar-refractivity contribution in [3.05, 3.63) is 40.8 Å². The zero-order valence-electron chi connectivity index (χ0n) is 9.90. The van der Waals surface area contributed by atoms with Crippen LogP contribution in [0, 0.1) is 5.82 Å². The molecule has 92 valence electrons. The number of benzene rings is 1. The van der Waals surface area contributed by atoms with E-state index in [1.807, 2.05) is 6.92 Å². The minimum absolute atomic E-state index is 0.241. The van der Waals surface area contributed by atoms with E-state index in [1.54, 1.807) is 0 Å². The van der Waals surface area contributed by atoms with Gasteiger partial charge >= 0.3 is 5.97 Å². The minimum atomic E-state index is -0.959. The first-order chi connectivity index (χ1) is 8.58. The number of rotatable bonds is 1. The van der Waals surface area contributed by atoms with Crippen molar-refractivity contribution in [3.63, 3.8) is 0 Å². The molecule has 1 aromatic heterocycles. The molecule has 0 saturated carbocycles. The van der Waals surface area contributed by atoms with Gasteiger partial charge in [-0.25, -0.2) is 9.18 Å². The van der Waals surface area contributed by atoms with Crippen molar-refractivity contribution in [3.8, 4) is 0 Å². The van der Waals surface area contributed by atoms with E-state index in [4.69, 9.17) is 0 Å². The summed E-state index contributed by atoms with van der Waals surface area (Å²) in [5.41, 5.74) is 2.35. The van der Waals surface area contributed by atoms with Gasteiger partial charge in [-0.3, -0.25) is 4.98 Å². The molecule has 1 aromatic carbocycles. The predicted octanol–water partition coefficient (Wildman–Crippen LogP) is 3.12. The van der Waals surface area contributed by atoms with Gasteiger partial charge in [-0.15, -0.1) is 0 Å². The Hall–Kier alpha value is -1.97. The normalized spacial score (nSPS) is 18.0. The summed E-state index contributed by atoms with van der Waals surface area (Å²) in [7, 11) is 0. The summed E-state index contributed by atoms with van der Waals surface area (Å²) in [5.74, 6) is -1.11. The van der Waals surface area contributed by atoms with Gasteiger partial charge in [0.15, 0.2) is 0 Å². The van der Waals surface area contributed by atoms with Crippen molar-refractivity contribution < 1.29 is 14.3 Å². The monoisotopic (exact) mass is 245 g/mol. The van der Waals surface area contributed by atoms with Gasteiger partial charge in [-0.05, 0) is 36.5 Å². The van der Waals surface area contributed by atoms with Crippen LogP contribution in [-0.2, 0) is 6.42 Å². The topological polar surface area (TPSA) is 50.2 Å². The second-order valence-electron chi connectivity index (χ2n) is 4.76. The van der Waals surface area contributed by atoms with E-state index in [2.05, 4.69) is 4.98 Å². The maximum atomic E-state index is 13.2. The Bertz CT molecular complexity index is 666. The molecule has 3 rings (SSSR count). The number of halogens is 1. The lowest BCUT2D eigenvalue weighted by Gasteiger charge is -2.10. The van der Waals surface area contributed by atoms with Crippen LogP contribution in [0.5, 0.6) is 0 Å². The van der Waals surface area contributed by atoms with E-state index in [9.17, 15) is 14.3 Å². The Morgan fingerprint density at radius 2 is 2.28 bits per heavy atom. The molecule has 2 aromatic rings. The first kappa shape index (κ1) is 11.1. The van der Waals surface area contributed by atoms with Crippen LogP contribution >= 0.6 is 0 Å². The fraction of sp³-hybridized carbons (Fsp3) is 0.286. The van der Waals surface area contributed by atoms with Crippen molar-refractivity contribution in [2.45, 2.75) is 25.7 Å². The lowest BCUT2D eigenvalue weighted by Crippen LogP contribution is -2.06. The molecule has 0 amide bonds. The smallest absolute Gasteiger partial charge is 0.336 e. The third-order valence-electron chi connectivity index (χ3n) is 3.59. The molecule has 0 fully saturated rings. The molecule has 0 saturated heterocycles. The summed E-state index contributed by atoms with van der Waals surface area (Å²) in [6.45, 7) is 2.02. The van der Waals surface area contributed by atoms with Crippen LogP contribution in [-0.4, -0.2) is 16.1 Å². The maximum Gasteiger partial charge on any atom is 0.336 e. The summed E-state index contributed by atoms with van der Waals surface area (Å²) in [6.07, 6.45) is 1.64. The molecular weight excluding hydrogens is 233 g/mol. The number of aromatic carboxylic acids is 1. The molecule has 1 atom stereocenters. The molecule has 0 bridgehead atoms. The van der Waals surface area contributed by atoms with Crippen molar-refractivity contribution in [1.29, 1.82) is 0 Å². The fourth-order valence-corrected chi connectivity index (χ4v) is 2.70. The third kappa shape index (κ3) is 1.49. The molecule has 0 spiro atoms. The van der Waals surface area contributed by atoms with Crippen molar-refractivity contribution in [2.24, 2.45) is 0 Å². The van der Waals surface area contributed by atoms with Gasteiger partial charge < -0.3 is 5.11 Å². The molecule has 1 aliphatic rings. The van der Waals surface area contributed by atoms with Crippen molar-refractivity contribution in [2.75, 3.05) is 0 Å². The van der Waals surface area contributed by atoms with Crippen LogP contribution in [0.1, 0.15) is 40.9 Å². The Morgan fingerprint density at radius 3 is 3.00 bits per heavy atom. The number of hydrogen-bond acceptors (Lipinski definition) is 2. The van der Waals surface area contributed by atoms with Crippen LogP contribution in [0.15, 0.2) is 18.2 Å². The average molecular weight is 245 g/mol. The molecule has 18 heavy (non-hydrogen) atoms. The van der Waals surface area contributed by atoms with Crippen LogP contribution < -0.4 is 0 Å². The van der Waals surface area contributed by atoms with Gasteiger partial charge in [0, 0.05) is 17.1 Å². The number of carboxylic acids is 1. The highest BCUT2D eigenvalue weighted by molar-refractivity contribution is 6.04. The Balaban J connectivity index is 2.43. The van der Waals surface area contributed by atoms with Crippen molar-refractivity contribution >= 4 is 16.9 Å². The lowest BCUT2D eigenvalue weighted by molar-refractivity contribution is 0.0698. The number of aromatic nitrogens is 1. The number of nitrogens with zero attached hydrogens (tertiary/aromatic N) is 1. The summed E-state index contributed by atoms with van der Waals surface area (Å²) >= 11 is 0. The van der Waals surface area contributed by atoms with E-state index >= 15 is 0 Å². The second-order valence-corrected chi connectivity index (χ2v) is 4.76. The zero-order valence-corrected chi connectivity index (χ0v) is 9.90. The number of fused-ring (bicyclic) bond motifs is 2. The van der Waals surface area contributed by atoms with Gasteiger partial charge in [-0.2, -0.15) is 0 Å². The Morgan fingerprint density at radius 1 is 1.50 bits per heavy atom. The Kier molecular flexibility index (Phi) is 2.33. The molecule has 1 aliphatic carbocycles. The summed E-state index contributed by atoms with van der Waals surface area (Å²) < 4.78 is 13.2. The summed E-state index contributed by atoms with van der Waals surface area (Å²) in [4.78, 5) is 15.9. The molecule has 3 nitrogen and oxygen atoms in total. The summed E-state index contributed by atoms with van der Waals surface area (Å²) in [5, 5.41) is 9.91. The van der Waals surface area contributed by atoms with Crippen molar-refractivity contribution in [1.82, 2.24) is 4.98 Å². The van der Waals surface area contributed by atoms with E-state index in [0.717, 1.165) is 24.1 Å². The Labute approximate surface area is 103 Å². The number of carbonyl (C=O) groups is 1. The van der Waals surface area contributed by atoms with E-state index in [-0.39, 0.29) is 5.92 Å². The second kappa shape index (κ2) is 3.77. The first-order valence-electron chi connectivity index (χ1n) is 5.93. The first-order valence-corrected chi connectivity index (χ1v) is 5.93. The molecule has 1 N–H and O–H groups in total. The van der Waals surface area contributed by atoms with E-state index < -0.39 is 11.8 Å². The number of carboxylic acid groups (broad SMARTS) is 1. The fourth-order valence-electron chi connectivity index (χ4n) is 2.70. The highest BCUT2D eigenvalue weighted by atomic mass is 19.1. The SMILES string of the molecule is CC1CCc2c1nc1cc(F)ccc1c2C(=O)O. The molecule has 1 heterocycles. The van der Waals surface area contributed by atoms with Crippen LogP contribution in [0.4, 0.5) is 4.39 Å². The third-order valence-corrected chi connectivity index (χ3v) is 3.59. The molecular formula is C14H12FNO2. The lowest BCUT2D eigenvalue weighted by atomic mass is 10.0. The van der Waals surface area contributed by atoms with Crippen LogP contribution in [0.2, 0.25) is 0 Å². The molecule has 0 aliphatic heterocycles.